The van der Waals surface area contributed by atoms with E-state index in [-0.39, 0.29) is 0 Å². The van der Waals surface area contributed by atoms with Crippen molar-refractivity contribution in [2.45, 2.75) is 32.2 Å². The zero-order chi connectivity index (χ0) is 14.8. The number of nitrogens with one attached hydrogen (secondary N) is 1. The Hall–Kier alpha value is -1.39. The first-order valence-corrected chi connectivity index (χ1v) is 8.45. The van der Waals surface area contributed by atoms with Gasteiger partial charge in [-0.25, -0.2) is 4.98 Å². The minimum atomic E-state index is 0.378. The van der Waals surface area contributed by atoms with Crippen LogP contribution >= 0.6 is 11.3 Å². The van der Waals surface area contributed by atoms with Crippen LogP contribution in [0.3, 0.4) is 0 Å². The van der Waals surface area contributed by atoms with E-state index in [1.54, 1.807) is 0 Å². The summed E-state index contributed by atoms with van der Waals surface area (Å²) in [6.45, 7) is 6.51. The van der Waals surface area contributed by atoms with Crippen LogP contribution in [0.25, 0.3) is 0 Å². The lowest BCUT2D eigenvalue weighted by molar-refractivity contribution is 0.658. The number of nitrogens with zero attached hydrogens (tertiary/aromatic N) is 2. The molecule has 1 aliphatic rings. The van der Waals surface area contributed by atoms with E-state index >= 15 is 0 Å². The quantitative estimate of drug-likeness (QED) is 0.933. The van der Waals surface area contributed by atoms with Crippen molar-refractivity contribution in [1.82, 2.24) is 10.3 Å². The van der Waals surface area contributed by atoms with Crippen molar-refractivity contribution >= 4 is 16.5 Å². The van der Waals surface area contributed by atoms with Crippen LogP contribution in [0.5, 0.6) is 0 Å². The maximum absolute atomic E-state index is 4.79. The van der Waals surface area contributed by atoms with Crippen LogP contribution in [0, 0.1) is 6.92 Å². The summed E-state index contributed by atoms with van der Waals surface area (Å²) in [7, 11) is 2.00. The molecule has 3 nitrogen and oxygen atoms in total. The van der Waals surface area contributed by atoms with Gasteiger partial charge >= 0.3 is 0 Å². The Morgan fingerprint density at radius 2 is 2.10 bits per heavy atom. The van der Waals surface area contributed by atoms with E-state index in [2.05, 4.69) is 54.4 Å². The molecule has 1 aliphatic heterocycles. The number of thiazole rings is 1. The summed E-state index contributed by atoms with van der Waals surface area (Å²) in [5.41, 5.74) is 2.62. The molecule has 2 aromatic rings. The van der Waals surface area contributed by atoms with Crippen LogP contribution in [0.1, 0.15) is 41.4 Å². The van der Waals surface area contributed by atoms with Crippen LogP contribution in [-0.4, -0.2) is 25.1 Å². The van der Waals surface area contributed by atoms with Crippen molar-refractivity contribution in [3.8, 4) is 0 Å². The Balaban J connectivity index is 1.75. The predicted molar refractivity (Wildman–Crippen MR) is 90.3 cm³/mol. The van der Waals surface area contributed by atoms with Crippen molar-refractivity contribution in [3.63, 3.8) is 0 Å². The molecule has 0 amide bonds. The fraction of sp³-hybridized carbons (Fsp3) is 0.471. The fourth-order valence-electron chi connectivity index (χ4n) is 2.99. The summed E-state index contributed by atoms with van der Waals surface area (Å²) in [5.74, 6) is 0.639. The summed E-state index contributed by atoms with van der Waals surface area (Å²) < 4.78 is 0. The highest BCUT2D eigenvalue weighted by Gasteiger charge is 2.26. The maximum Gasteiger partial charge on any atom is 0.185 e. The fourth-order valence-corrected chi connectivity index (χ4v) is 4.16. The van der Waals surface area contributed by atoms with Gasteiger partial charge < -0.3 is 10.2 Å². The second-order valence-corrected chi connectivity index (χ2v) is 6.81. The van der Waals surface area contributed by atoms with Gasteiger partial charge in [-0.15, -0.1) is 11.3 Å². The van der Waals surface area contributed by atoms with Gasteiger partial charge in [-0.2, -0.15) is 0 Å². The van der Waals surface area contributed by atoms with Gasteiger partial charge in [0.1, 0.15) is 0 Å². The smallest absolute Gasteiger partial charge is 0.185 e. The molecule has 112 valence electrons. The normalized spacial score (nSPS) is 20.0. The Morgan fingerprint density at radius 3 is 2.81 bits per heavy atom. The topological polar surface area (TPSA) is 28.2 Å². The molecule has 0 bridgehead atoms. The summed E-state index contributed by atoms with van der Waals surface area (Å²) in [6, 6.07) is 11.2. The van der Waals surface area contributed by atoms with Gasteiger partial charge in [-0.1, -0.05) is 30.3 Å². The molecular formula is C17H23N3S. The van der Waals surface area contributed by atoms with Crippen LogP contribution in [0.15, 0.2) is 30.3 Å². The second-order valence-electron chi connectivity index (χ2n) is 5.80. The number of aryl methyl sites for hydroxylation is 1. The Kier molecular flexibility index (Phi) is 4.27. The molecule has 2 unspecified atom stereocenters. The molecule has 1 fully saturated rings. The summed E-state index contributed by atoms with van der Waals surface area (Å²) >= 11 is 1.84. The SMILES string of the molecule is CNC(C)c1sc(N2CCC(c3ccccc3)C2)nc1C. The molecule has 1 N–H and O–H groups in total. The van der Waals surface area contributed by atoms with Crippen molar-refractivity contribution in [1.29, 1.82) is 0 Å². The Bertz CT molecular complexity index is 593. The van der Waals surface area contributed by atoms with Gasteiger partial charge in [0.15, 0.2) is 5.13 Å². The zero-order valence-corrected chi connectivity index (χ0v) is 13.8. The molecule has 21 heavy (non-hydrogen) atoms. The molecule has 2 heterocycles. The number of hydrogen-bond donors (Lipinski definition) is 1. The summed E-state index contributed by atoms with van der Waals surface area (Å²) in [5, 5.41) is 4.50. The third-order valence-corrected chi connectivity index (χ3v) is 5.78. The van der Waals surface area contributed by atoms with Gasteiger partial charge in [0.05, 0.1) is 5.69 Å². The van der Waals surface area contributed by atoms with Gasteiger partial charge in [0, 0.05) is 29.9 Å². The van der Waals surface area contributed by atoms with Gasteiger partial charge in [0.2, 0.25) is 0 Å². The average molecular weight is 301 g/mol. The first-order valence-electron chi connectivity index (χ1n) is 7.63. The van der Waals surface area contributed by atoms with Crippen molar-refractivity contribution < 1.29 is 0 Å². The number of rotatable bonds is 4. The molecule has 0 radical (unpaired) electrons. The first kappa shape index (κ1) is 14.5. The minimum absolute atomic E-state index is 0.378. The predicted octanol–water partition coefficient (Wildman–Crippen LogP) is 3.73. The van der Waals surface area contributed by atoms with E-state index < -0.39 is 0 Å². The zero-order valence-electron chi connectivity index (χ0n) is 13.0. The Morgan fingerprint density at radius 1 is 1.33 bits per heavy atom. The summed E-state index contributed by atoms with van der Waals surface area (Å²) in [4.78, 5) is 8.60. The number of hydrogen-bond acceptors (Lipinski definition) is 4. The average Bonchev–Trinajstić information content (AvgIpc) is 3.14. The van der Waals surface area contributed by atoms with Crippen LogP contribution in [0.2, 0.25) is 0 Å². The van der Waals surface area contributed by atoms with E-state index in [4.69, 9.17) is 4.98 Å². The van der Waals surface area contributed by atoms with Gasteiger partial charge in [-0.05, 0) is 32.9 Å². The lowest BCUT2D eigenvalue weighted by atomic mass is 9.99. The highest BCUT2D eigenvalue weighted by molar-refractivity contribution is 7.15. The molecule has 0 spiro atoms. The molecule has 1 aromatic heterocycles. The lowest BCUT2D eigenvalue weighted by Crippen LogP contribution is -2.18. The molecule has 0 saturated carbocycles. The van der Waals surface area contributed by atoms with E-state index in [0.29, 0.717) is 12.0 Å². The molecule has 1 aromatic carbocycles. The standard InChI is InChI=1S/C17H23N3S/c1-12(18-3)16-13(2)19-17(21-16)20-10-9-15(11-20)14-7-5-4-6-8-14/h4-8,12,15,18H,9-11H2,1-3H3. The van der Waals surface area contributed by atoms with Gasteiger partial charge in [0.25, 0.3) is 0 Å². The number of benzene rings is 1. The first-order chi connectivity index (χ1) is 10.2. The van der Waals surface area contributed by atoms with E-state index in [1.807, 2.05) is 18.4 Å². The molecular weight excluding hydrogens is 278 g/mol. The van der Waals surface area contributed by atoms with Crippen LogP contribution in [-0.2, 0) is 0 Å². The number of anilines is 1. The molecule has 0 aliphatic carbocycles. The molecule has 4 heteroatoms. The second kappa shape index (κ2) is 6.16. The van der Waals surface area contributed by atoms with Crippen LogP contribution < -0.4 is 10.2 Å². The van der Waals surface area contributed by atoms with Crippen molar-refractivity contribution in [2.24, 2.45) is 0 Å². The monoisotopic (exact) mass is 301 g/mol. The molecule has 2 atom stereocenters. The lowest BCUT2D eigenvalue weighted by Gasteiger charge is -2.15. The largest absolute Gasteiger partial charge is 0.347 e. The highest BCUT2D eigenvalue weighted by atomic mass is 32.1. The third-order valence-electron chi connectivity index (χ3n) is 4.38. The Labute approximate surface area is 131 Å². The highest BCUT2D eigenvalue weighted by Crippen LogP contribution is 2.35. The molecule has 1 saturated heterocycles. The van der Waals surface area contributed by atoms with Gasteiger partial charge in [-0.3, -0.25) is 0 Å². The van der Waals surface area contributed by atoms with E-state index in [1.165, 1.54) is 27.7 Å². The maximum atomic E-state index is 4.79. The number of aromatic nitrogens is 1. The minimum Gasteiger partial charge on any atom is -0.347 e. The van der Waals surface area contributed by atoms with E-state index in [9.17, 15) is 0 Å². The van der Waals surface area contributed by atoms with Crippen molar-refractivity contribution in [2.75, 3.05) is 25.0 Å². The van der Waals surface area contributed by atoms with Crippen LogP contribution in [0.4, 0.5) is 5.13 Å². The third kappa shape index (κ3) is 2.97. The summed E-state index contributed by atoms with van der Waals surface area (Å²) in [6.07, 6.45) is 1.22. The molecule has 3 rings (SSSR count). The van der Waals surface area contributed by atoms with E-state index in [0.717, 1.165) is 13.1 Å². The van der Waals surface area contributed by atoms with Crippen molar-refractivity contribution in [3.05, 3.63) is 46.5 Å².